The molecule has 0 aliphatic heterocycles. The van der Waals surface area contributed by atoms with Crippen LogP contribution in [0.15, 0.2) is 65.7 Å². The van der Waals surface area contributed by atoms with Crippen LogP contribution < -0.4 is 14.8 Å². The molecule has 1 unspecified atom stereocenters. The summed E-state index contributed by atoms with van der Waals surface area (Å²) in [6.45, 7) is 1.93. The zero-order valence-corrected chi connectivity index (χ0v) is 16.1. The molecule has 0 aliphatic rings. The maximum absolute atomic E-state index is 13.0. The Kier molecular flexibility index (Phi) is 5.57. The molecule has 3 rings (SSSR count). The minimum absolute atomic E-state index is 0.0528. The van der Waals surface area contributed by atoms with Crippen LogP contribution >= 0.6 is 0 Å². The van der Waals surface area contributed by atoms with Crippen molar-refractivity contribution < 1.29 is 17.5 Å². The number of sulfonamides is 1. The number of rotatable bonds is 6. The van der Waals surface area contributed by atoms with Crippen LogP contribution in [0.2, 0.25) is 0 Å². The fourth-order valence-corrected chi connectivity index (χ4v) is 3.03. The van der Waals surface area contributed by atoms with E-state index >= 15 is 0 Å². The second-order valence-corrected chi connectivity index (χ2v) is 7.71. The van der Waals surface area contributed by atoms with E-state index in [0.717, 1.165) is 5.56 Å². The SMILES string of the molecule is CC(c1ccc(S(N)(=O)=O)cc1)N(C)c1nccc(Oc2ccc(F)cc2)n1. The van der Waals surface area contributed by atoms with Gasteiger partial charge in [0.15, 0.2) is 0 Å². The molecule has 3 aromatic rings. The number of benzene rings is 2. The third-order valence-corrected chi connectivity index (χ3v) is 5.17. The molecule has 146 valence electrons. The highest BCUT2D eigenvalue weighted by Gasteiger charge is 2.17. The number of aromatic nitrogens is 2. The lowest BCUT2D eigenvalue weighted by Crippen LogP contribution is -2.24. The maximum Gasteiger partial charge on any atom is 0.238 e. The van der Waals surface area contributed by atoms with Crippen LogP contribution in [0.5, 0.6) is 11.6 Å². The molecule has 0 amide bonds. The Balaban J connectivity index is 1.78. The monoisotopic (exact) mass is 402 g/mol. The molecule has 1 heterocycles. The van der Waals surface area contributed by atoms with Crippen LogP contribution in [0.25, 0.3) is 0 Å². The van der Waals surface area contributed by atoms with Crippen molar-refractivity contribution in [1.82, 2.24) is 9.97 Å². The van der Waals surface area contributed by atoms with Crippen molar-refractivity contribution in [2.24, 2.45) is 5.14 Å². The number of nitrogens with zero attached hydrogens (tertiary/aromatic N) is 3. The van der Waals surface area contributed by atoms with E-state index in [1.165, 1.54) is 36.4 Å². The van der Waals surface area contributed by atoms with Crippen LogP contribution in [-0.4, -0.2) is 25.4 Å². The van der Waals surface area contributed by atoms with Crippen molar-refractivity contribution in [3.8, 4) is 11.6 Å². The van der Waals surface area contributed by atoms with Crippen molar-refractivity contribution in [3.63, 3.8) is 0 Å². The first kappa shape index (κ1) is 19.7. The summed E-state index contributed by atoms with van der Waals surface area (Å²) >= 11 is 0. The first-order valence-corrected chi connectivity index (χ1v) is 9.91. The molecular formula is C19H19FN4O3S. The Morgan fingerprint density at radius 3 is 2.32 bits per heavy atom. The van der Waals surface area contributed by atoms with Gasteiger partial charge in [0, 0.05) is 19.3 Å². The Morgan fingerprint density at radius 2 is 1.71 bits per heavy atom. The van der Waals surface area contributed by atoms with Gasteiger partial charge in [-0.2, -0.15) is 4.98 Å². The average Bonchev–Trinajstić information content (AvgIpc) is 2.68. The molecule has 0 spiro atoms. The molecular weight excluding hydrogens is 383 g/mol. The van der Waals surface area contributed by atoms with Gasteiger partial charge in [0.25, 0.3) is 0 Å². The van der Waals surface area contributed by atoms with E-state index in [1.807, 2.05) is 18.9 Å². The van der Waals surface area contributed by atoms with Crippen LogP contribution in [0.4, 0.5) is 10.3 Å². The highest BCUT2D eigenvalue weighted by molar-refractivity contribution is 7.89. The van der Waals surface area contributed by atoms with E-state index in [0.29, 0.717) is 17.6 Å². The van der Waals surface area contributed by atoms with Crippen LogP contribution in [0.1, 0.15) is 18.5 Å². The van der Waals surface area contributed by atoms with E-state index in [1.54, 1.807) is 24.4 Å². The van der Waals surface area contributed by atoms with E-state index in [-0.39, 0.29) is 16.8 Å². The lowest BCUT2D eigenvalue weighted by molar-refractivity contribution is 0.459. The summed E-state index contributed by atoms with van der Waals surface area (Å²) in [6, 6.07) is 13.4. The molecule has 1 aromatic heterocycles. The first-order chi connectivity index (χ1) is 13.2. The predicted octanol–water partition coefficient (Wildman–Crippen LogP) is 3.25. The van der Waals surface area contributed by atoms with Crippen LogP contribution in [-0.2, 0) is 10.0 Å². The van der Waals surface area contributed by atoms with Gasteiger partial charge in [0.1, 0.15) is 11.6 Å². The Morgan fingerprint density at radius 1 is 1.07 bits per heavy atom. The highest BCUT2D eigenvalue weighted by Crippen LogP contribution is 2.26. The Labute approximate surface area is 162 Å². The van der Waals surface area contributed by atoms with Gasteiger partial charge in [-0.25, -0.2) is 22.9 Å². The minimum Gasteiger partial charge on any atom is -0.439 e. The summed E-state index contributed by atoms with van der Waals surface area (Å²) in [5.74, 6) is 0.848. The van der Waals surface area contributed by atoms with Crippen molar-refractivity contribution in [1.29, 1.82) is 0 Å². The predicted molar refractivity (Wildman–Crippen MR) is 103 cm³/mol. The molecule has 0 saturated heterocycles. The van der Waals surface area contributed by atoms with Gasteiger partial charge in [0.2, 0.25) is 21.9 Å². The van der Waals surface area contributed by atoms with Gasteiger partial charge in [0.05, 0.1) is 10.9 Å². The molecule has 0 fully saturated rings. The van der Waals surface area contributed by atoms with Crippen LogP contribution in [0, 0.1) is 5.82 Å². The Bertz CT molecular complexity index is 1060. The second-order valence-electron chi connectivity index (χ2n) is 6.15. The average molecular weight is 402 g/mol. The largest absolute Gasteiger partial charge is 0.439 e. The number of anilines is 1. The fraction of sp³-hybridized carbons (Fsp3) is 0.158. The van der Waals surface area contributed by atoms with Gasteiger partial charge < -0.3 is 9.64 Å². The second kappa shape index (κ2) is 7.91. The topological polar surface area (TPSA) is 98.4 Å². The highest BCUT2D eigenvalue weighted by atomic mass is 32.2. The van der Waals surface area contributed by atoms with E-state index < -0.39 is 10.0 Å². The molecule has 9 heteroatoms. The number of hydrogen-bond acceptors (Lipinski definition) is 6. The summed E-state index contributed by atoms with van der Waals surface area (Å²) < 4.78 is 41.4. The first-order valence-electron chi connectivity index (χ1n) is 8.36. The molecule has 0 aliphatic carbocycles. The number of hydrogen-bond donors (Lipinski definition) is 1. The number of nitrogens with two attached hydrogens (primary N) is 1. The lowest BCUT2D eigenvalue weighted by Gasteiger charge is -2.25. The van der Waals surface area contributed by atoms with Crippen molar-refractivity contribution in [3.05, 3.63) is 72.2 Å². The summed E-state index contributed by atoms with van der Waals surface area (Å²) in [4.78, 5) is 10.5. The molecule has 0 bridgehead atoms. The van der Waals surface area contributed by atoms with Crippen molar-refractivity contribution >= 4 is 16.0 Å². The van der Waals surface area contributed by atoms with E-state index in [4.69, 9.17) is 9.88 Å². The summed E-state index contributed by atoms with van der Waals surface area (Å²) in [7, 11) is -1.92. The summed E-state index contributed by atoms with van der Waals surface area (Å²) in [5.41, 5.74) is 0.864. The van der Waals surface area contributed by atoms with Crippen molar-refractivity contribution in [2.45, 2.75) is 17.9 Å². The number of primary sulfonamides is 1. The summed E-state index contributed by atoms with van der Waals surface area (Å²) in [5, 5.41) is 5.13. The van der Waals surface area contributed by atoms with E-state index in [9.17, 15) is 12.8 Å². The smallest absolute Gasteiger partial charge is 0.238 e. The Hall–Kier alpha value is -3.04. The quantitative estimate of drug-likeness (QED) is 0.680. The molecule has 1 atom stereocenters. The fourth-order valence-electron chi connectivity index (χ4n) is 2.52. The molecule has 0 radical (unpaired) electrons. The molecule has 2 aromatic carbocycles. The van der Waals surface area contributed by atoms with Gasteiger partial charge in [-0.1, -0.05) is 12.1 Å². The van der Waals surface area contributed by atoms with Gasteiger partial charge >= 0.3 is 0 Å². The minimum atomic E-state index is -3.73. The lowest BCUT2D eigenvalue weighted by atomic mass is 10.1. The molecule has 28 heavy (non-hydrogen) atoms. The molecule has 2 N–H and O–H groups in total. The maximum atomic E-state index is 13.0. The van der Waals surface area contributed by atoms with Gasteiger partial charge in [-0.15, -0.1) is 0 Å². The third-order valence-electron chi connectivity index (χ3n) is 4.24. The zero-order valence-electron chi connectivity index (χ0n) is 15.3. The standard InChI is InChI=1S/C19H19FN4O3S/c1-13(14-3-9-17(10-4-14)28(21,25)26)24(2)19-22-12-11-18(23-19)27-16-7-5-15(20)6-8-16/h3-13H,1-2H3,(H2,21,25,26). The number of ether oxygens (including phenoxy) is 1. The van der Waals surface area contributed by atoms with Crippen molar-refractivity contribution in [2.75, 3.05) is 11.9 Å². The van der Waals surface area contributed by atoms with E-state index in [2.05, 4.69) is 9.97 Å². The van der Waals surface area contributed by atoms with Gasteiger partial charge in [-0.05, 0) is 48.9 Å². The van der Waals surface area contributed by atoms with Crippen LogP contribution in [0.3, 0.4) is 0 Å². The third kappa shape index (κ3) is 4.62. The molecule has 7 nitrogen and oxygen atoms in total. The van der Waals surface area contributed by atoms with Gasteiger partial charge in [-0.3, -0.25) is 0 Å². The summed E-state index contributed by atoms with van der Waals surface area (Å²) in [6.07, 6.45) is 1.56. The molecule has 0 saturated carbocycles. The normalized spacial score (nSPS) is 12.4. The zero-order chi connectivity index (χ0) is 20.3. The number of halogens is 1.